The van der Waals surface area contributed by atoms with Gasteiger partial charge in [0.05, 0.1) is 0 Å². The van der Waals surface area contributed by atoms with Gasteiger partial charge in [-0.05, 0) is 38.0 Å². The first-order valence-electron chi connectivity index (χ1n) is 12.7. The zero-order valence-corrected chi connectivity index (χ0v) is 24.9. The summed E-state index contributed by atoms with van der Waals surface area (Å²) in [5, 5.41) is 16.3. The molecule has 0 fully saturated rings. The van der Waals surface area contributed by atoms with Gasteiger partial charge in [-0.1, -0.05) is 92.9 Å². The number of carbonyl (C=O) groups excluding carboxylic acids is 2. The topological polar surface area (TPSA) is 109 Å². The van der Waals surface area contributed by atoms with Gasteiger partial charge in [-0.25, -0.2) is 0 Å². The summed E-state index contributed by atoms with van der Waals surface area (Å²) < 4.78 is 8.25. The molecule has 0 aliphatic heterocycles. The van der Waals surface area contributed by atoms with E-state index in [-0.39, 0.29) is 6.10 Å². The van der Waals surface area contributed by atoms with Gasteiger partial charge in [0.1, 0.15) is 0 Å². The van der Waals surface area contributed by atoms with E-state index in [1.165, 1.54) is 25.7 Å². The quantitative estimate of drug-likeness (QED) is 0.134. The summed E-state index contributed by atoms with van der Waals surface area (Å²) in [6.07, 6.45) is 15.1. The molecule has 0 aliphatic rings. The van der Waals surface area contributed by atoms with Crippen LogP contribution in [0.5, 0.6) is 0 Å². The molecule has 0 aromatic heterocycles. The summed E-state index contributed by atoms with van der Waals surface area (Å²) in [5.74, 6) is 1.57. The van der Waals surface area contributed by atoms with Gasteiger partial charge >= 0.3 is 29.7 Å². The van der Waals surface area contributed by atoms with Crippen molar-refractivity contribution in [2.45, 2.75) is 139 Å². The van der Waals surface area contributed by atoms with E-state index >= 15 is 0 Å². The Labute approximate surface area is 222 Å². The van der Waals surface area contributed by atoms with E-state index in [2.05, 4.69) is 41.5 Å². The molecule has 0 aromatic rings. The molecule has 34 heavy (non-hydrogen) atoms. The molecule has 0 rings (SSSR count). The standard InChI is InChI=1S/C8H16O2.2C8H15O.C3H8O.O.Ti/c1-7(2)5-3-4-6-8(9)10;2*1-8(2)6-4-3-5-7-9;1-3(2)4;;/h7H,3-6H2,1-2H3,(H,9,10);2*8H,3-6H2,1-2H3;3-4H,1-2H3;;/q;2*-1;;;+2. The molecule has 0 heterocycles. The van der Waals surface area contributed by atoms with Crippen LogP contribution in [0.2, 0.25) is 0 Å². The van der Waals surface area contributed by atoms with Crippen molar-refractivity contribution >= 4 is 18.5 Å². The molecule has 0 aliphatic carbocycles. The molecule has 0 spiro atoms. The first kappa shape index (κ1) is 43.4. The maximum atomic E-state index is 10.0. The number of rotatable bonds is 15. The molecule has 7 heteroatoms. The molecule has 2 N–H and O–H groups in total. The van der Waals surface area contributed by atoms with Crippen LogP contribution in [0.4, 0.5) is 0 Å². The Hall–Kier alpha value is -0.716. The number of aliphatic hydroxyl groups is 1. The Morgan fingerprint density at radius 1 is 0.647 bits per heavy atom. The van der Waals surface area contributed by atoms with Crippen LogP contribution in [0.1, 0.15) is 132 Å². The molecule has 0 saturated heterocycles. The predicted molar refractivity (Wildman–Crippen MR) is 137 cm³/mol. The average Bonchev–Trinajstić information content (AvgIpc) is 2.73. The fourth-order valence-corrected chi connectivity index (χ4v) is 2.33. The van der Waals surface area contributed by atoms with E-state index in [4.69, 9.17) is 13.5 Å². The van der Waals surface area contributed by atoms with Crippen LogP contribution in [0, 0.1) is 17.8 Å². The van der Waals surface area contributed by atoms with Gasteiger partial charge < -0.3 is 19.8 Å². The Bertz CT molecular complexity index is 376. The van der Waals surface area contributed by atoms with Gasteiger partial charge in [0.25, 0.3) is 0 Å². The number of carboxylic acids is 1. The normalized spacial score (nSPS) is 9.62. The fourth-order valence-electron chi connectivity index (χ4n) is 2.33. The average molecular weight is 523 g/mol. The minimum absolute atomic E-state index is 0.167. The number of unbranched alkanes of at least 4 members (excludes halogenated alkanes) is 5. The Balaban J connectivity index is -0.000000111. The van der Waals surface area contributed by atoms with E-state index < -0.39 is 5.97 Å². The third-order valence-electron chi connectivity index (χ3n) is 4.04. The summed E-state index contributed by atoms with van der Waals surface area (Å²) in [6, 6.07) is 0. The van der Waals surface area contributed by atoms with Crippen LogP contribution in [-0.2, 0) is 38.1 Å². The molecule has 0 saturated carbocycles. The van der Waals surface area contributed by atoms with E-state index in [1.807, 2.05) is 12.6 Å². The molecule has 0 radical (unpaired) electrons. The molecule has 6 nitrogen and oxygen atoms in total. The fraction of sp³-hybridized carbons (Fsp3) is 0.889. The zero-order valence-electron chi connectivity index (χ0n) is 23.3. The molecule has 0 unspecified atom stereocenters. The first-order chi connectivity index (χ1) is 15.9. The molecular weight excluding hydrogens is 468 g/mol. The van der Waals surface area contributed by atoms with Crippen molar-refractivity contribution in [3.8, 4) is 0 Å². The molecular formula is C27H54O6Ti. The number of carboxylic acid groups (broad SMARTS) is 1. The van der Waals surface area contributed by atoms with E-state index in [9.17, 15) is 14.4 Å². The van der Waals surface area contributed by atoms with Gasteiger partial charge in [0.2, 0.25) is 0 Å². The zero-order chi connectivity index (χ0) is 27.8. The second-order valence-electron chi connectivity index (χ2n) is 9.70. The van der Waals surface area contributed by atoms with Crippen LogP contribution in [0.25, 0.3) is 0 Å². The molecule has 0 bridgehead atoms. The first-order valence-corrected chi connectivity index (χ1v) is 13.3. The van der Waals surface area contributed by atoms with Gasteiger partial charge in [0, 0.05) is 12.5 Å². The second kappa shape index (κ2) is 39.5. The van der Waals surface area contributed by atoms with Crippen LogP contribution in [0.15, 0.2) is 0 Å². The summed E-state index contributed by atoms with van der Waals surface area (Å²) in [4.78, 5) is 29.5. The van der Waals surface area contributed by atoms with E-state index in [0.29, 0.717) is 25.2 Å². The van der Waals surface area contributed by atoms with Crippen LogP contribution < -0.4 is 0 Å². The van der Waals surface area contributed by atoms with Crippen LogP contribution in [0.3, 0.4) is 0 Å². The monoisotopic (exact) mass is 522 g/mol. The number of hydrogen-bond donors (Lipinski definition) is 2. The van der Waals surface area contributed by atoms with Gasteiger partial charge in [-0.15, -0.1) is 0 Å². The minimum atomic E-state index is -0.677. The van der Waals surface area contributed by atoms with Crippen molar-refractivity contribution in [2.75, 3.05) is 0 Å². The van der Waals surface area contributed by atoms with Crippen molar-refractivity contribution in [1.82, 2.24) is 0 Å². The number of hydrogen-bond acceptors (Lipinski definition) is 5. The third kappa shape index (κ3) is 85.8. The van der Waals surface area contributed by atoms with E-state index in [1.54, 1.807) is 13.8 Å². The summed E-state index contributed by atoms with van der Waals surface area (Å²) >= 11 is 0.750. The van der Waals surface area contributed by atoms with Crippen LogP contribution in [-0.4, -0.2) is 34.9 Å². The summed E-state index contributed by atoms with van der Waals surface area (Å²) in [6.45, 7) is 16.5. The number of carbonyl (C=O) groups is 1. The van der Waals surface area contributed by atoms with Crippen molar-refractivity contribution in [3.63, 3.8) is 0 Å². The molecule has 202 valence electrons. The van der Waals surface area contributed by atoms with Crippen LogP contribution >= 0.6 is 0 Å². The van der Waals surface area contributed by atoms with E-state index in [0.717, 1.165) is 64.3 Å². The SMILES string of the molecule is CC(C)CCCCC(=O)O.CC(C)CCCC[C-]=O.CC(C)CCCC[C-]=O.CC(C)O.[O]=[Ti+2]. The molecule has 0 atom stereocenters. The summed E-state index contributed by atoms with van der Waals surface area (Å²) in [7, 11) is 0. The van der Waals surface area contributed by atoms with Gasteiger partial charge in [0.15, 0.2) is 0 Å². The van der Waals surface area contributed by atoms with Crippen molar-refractivity contribution in [1.29, 1.82) is 0 Å². The van der Waals surface area contributed by atoms with Gasteiger partial charge in [-0.3, -0.25) is 17.4 Å². The predicted octanol–water partition coefficient (Wildman–Crippen LogP) is 7.18. The third-order valence-corrected chi connectivity index (χ3v) is 4.04. The molecule has 0 aromatic carbocycles. The Morgan fingerprint density at radius 3 is 1.12 bits per heavy atom. The van der Waals surface area contributed by atoms with Gasteiger partial charge in [-0.2, -0.15) is 12.8 Å². The number of aliphatic hydroxyl groups excluding tert-OH is 1. The maximum absolute atomic E-state index is 10.0. The summed E-state index contributed by atoms with van der Waals surface area (Å²) in [5.41, 5.74) is 0. The van der Waals surface area contributed by atoms with Crippen molar-refractivity contribution < 1.29 is 48.3 Å². The van der Waals surface area contributed by atoms with Crippen molar-refractivity contribution in [3.05, 3.63) is 0 Å². The Kier molecular flexibility index (Phi) is 50.4. The van der Waals surface area contributed by atoms with Crippen molar-refractivity contribution in [2.24, 2.45) is 17.8 Å². The Morgan fingerprint density at radius 2 is 0.912 bits per heavy atom. The second-order valence-corrected chi connectivity index (χ2v) is 9.70. The number of aliphatic carboxylic acids is 1. The molecule has 0 amide bonds.